The Morgan fingerprint density at radius 3 is 1.94 bits per heavy atom. The Bertz CT molecular complexity index is 223. The molecule has 0 aromatic carbocycles. The van der Waals surface area contributed by atoms with Crippen LogP contribution in [0, 0.1) is 0 Å². The number of amides is 2. The van der Waals surface area contributed by atoms with Gasteiger partial charge in [-0.05, 0) is 48.5 Å². The molecule has 0 heterocycles. The topological polar surface area (TPSA) is 44.4 Å². The van der Waals surface area contributed by atoms with Gasteiger partial charge in [-0.2, -0.15) is 0 Å². The minimum Gasteiger partial charge on any atom is -0.337 e. The van der Waals surface area contributed by atoms with Gasteiger partial charge in [0.25, 0.3) is 0 Å². The zero-order valence-electron chi connectivity index (χ0n) is 12.4. The summed E-state index contributed by atoms with van der Waals surface area (Å²) < 4.78 is 0. The van der Waals surface area contributed by atoms with Crippen LogP contribution < -0.4 is 10.6 Å². The summed E-state index contributed by atoms with van der Waals surface area (Å²) in [7, 11) is 0. The summed E-state index contributed by atoms with van der Waals surface area (Å²) in [5, 5.41) is 5.77. The van der Waals surface area contributed by atoms with Crippen LogP contribution in [0.2, 0.25) is 0 Å². The van der Waals surface area contributed by atoms with Crippen molar-refractivity contribution >= 4 is 6.03 Å². The number of hydrogen-bond donors (Lipinski definition) is 2. The first-order chi connectivity index (χ1) is 7.63. The molecule has 0 rings (SSSR count). The lowest BCUT2D eigenvalue weighted by molar-refractivity contribution is 0.174. The van der Waals surface area contributed by atoms with Crippen molar-refractivity contribution in [1.82, 2.24) is 15.5 Å². The molecule has 0 saturated heterocycles. The Balaban J connectivity index is 3.93. The van der Waals surface area contributed by atoms with E-state index in [0.29, 0.717) is 18.6 Å². The summed E-state index contributed by atoms with van der Waals surface area (Å²) >= 11 is 0. The molecule has 2 amide bonds. The van der Waals surface area contributed by atoms with Crippen molar-refractivity contribution in [3.05, 3.63) is 0 Å². The van der Waals surface area contributed by atoms with Crippen LogP contribution in [-0.4, -0.2) is 41.6 Å². The van der Waals surface area contributed by atoms with Gasteiger partial charge in [0.2, 0.25) is 0 Å². The minimum absolute atomic E-state index is 0.0926. The van der Waals surface area contributed by atoms with E-state index in [-0.39, 0.29) is 11.6 Å². The first-order valence-electron chi connectivity index (χ1n) is 6.45. The smallest absolute Gasteiger partial charge is 0.315 e. The van der Waals surface area contributed by atoms with Crippen LogP contribution >= 0.6 is 0 Å². The molecular weight excluding hydrogens is 214 g/mol. The second kappa shape index (κ2) is 6.84. The number of nitrogens with zero attached hydrogens (tertiary/aromatic N) is 1. The molecular formula is C13H29N3O. The SMILES string of the molecule is CC(C)N(CCNC(=O)NC(C)(C)C)C(C)C. The van der Waals surface area contributed by atoms with Crippen LogP contribution in [0.5, 0.6) is 0 Å². The Hall–Kier alpha value is -0.770. The molecule has 0 fully saturated rings. The van der Waals surface area contributed by atoms with Crippen LogP contribution in [-0.2, 0) is 0 Å². The molecule has 0 bridgehead atoms. The third-order valence-electron chi connectivity index (χ3n) is 2.47. The van der Waals surface area contributed by atoms with Crippen molar-refractivity contribution in [3.63, 3.8) is 0 Å². The van der Waals surface area contributed by atoms with Gasteiger partial charge in [0.15, 0.2) is 0 Å². The number of hydrogen-bond acceptors (Lipinski definition) is 2. The van der Waals surface area contributed by atoms with E-state index in [1.54, 1.807) is 0 Å². The van der Waals surface area contributed by atoms with Gasteiger partial charge in [0.05, 0.1) is 0 Å². The molecule has 2 N–H and O–H groups in total. The Labute approximate surface area is 106 Å². The second-order valence-electron chi connectivity index (χ2n) is 6.06. The maximum Gasteiger partial charge on any atom is 0.315 e. The van der Waals surface area contributed by atoms with E-state index in [0.717, 1.165) is 6.54 Å². The summed E-state index contributed by atoms with van der Waals surface area (Å²) in [5.41, 5.74) is -0.181. The molecule has 4 nitrogen and oxygen atoms in total. The summed E-state index contributed by atoms with van der Waals surface area (Å²) in [6.07, 6.45) is 0. The monoisotopic (exact) mass is 243 g/mol. The second-order valence-corrected chi connectivity index (χ2v) is 6.06. The zero-order chi connectivity index (χ0) is 13.6. The molecule has 0 saturated carbocycles. The van der Waals surface area contributed by atoms with E-state index < -0.39 is 0 Å². The minimum atomic E-state index is -0.181. The van der Waals surface area contributed by atoms with Crippen molar-refractivity contribution in [2.75, 3.05) is 13.1 Å². The predicted molar refractivity (Wildman–Crippen MR) is 73.3 cm³/mol. The number of carbonyl (C=O) groups excluding carboxylic acids is 1. The molecule has 0 aromatic rings. The van der Waals surface area contributed by atoms with Crippen LogP contribution in [0.1, 0.15) is 48.5 Å². The number of nitrogens with one attached hydrogen (secondary N) is 2. The molecule has 0 radical (unpaired) electrons. The fraction of sp³-hybridized carbons (Fsp3) is 0.923. The van der Waals surface area contributed by atoms with Crippen LogP contribution in [0.25, 0.3) is 0 Å². The predicted octanol–water partition coefficient (Wildman–Crippen LogP) is 2.20. The fourth-order valence-corrected chi connectivity index (χ4v) is 1.80. The third kappa shape index (κ3) is 8.02. The fourth-order valence-electron chi connectivity index (χ4n) is 1.80. The maximum absolute atomic E-state index is 11.5. The van der Waals surface area contributed by atoms with E-state index in [9.17, 15) is 4.79 Å². The van der Waals surface area contributed by atoms with Gasteiger partial charge in [-0.1, -0.05) is 0 Å². The zero-order valence-corrected chi connectivity index (χ0v) is 12.4. The van der Waals surface area contributed by atoms with E-state index in [2.05, 4.69) is 43.2 Å². The van der Waals surface area contributed by atoms with Gasteiger partial charge in [-0.15, -0.1) is 0 Å². The Kier molecular flexibility index (Phi) is 6.53. The first-order valence-corrected chi connectivity index (χ1v) is 6.45. The van der Waals surface area contributed by atoms with Crippen molar-refractivity contribution in [3.8, 4) is 0 Å². The van der Waals surface area contributed by atoms with Crippen LogP contribution in [0.3, 0.4) is 0 Å². The van der Waals surface area contributed by atoms with E-state index in [1.165, 1.54) is 0 Å². The van der Waals surface area contributed by atoms with Crippen molar-refractivity contribution in [2.45, 2.75) is 66.1 Å². The lowest BCUT2D eigenvalue weighted by Crippen LogP contribution is -2.49. The lowest BCUT2D eigenvalue weighted by Gasteiger charge is -2.30. The number of rotatable bonds is 5. The van der Waals surface area contributed by atoms with E-state index in [4.69, 9.17) is 0 Å². The standard InChI is InChI=1S/C13H29N3O/c1-10(2)16(11(3)4)9-8-14-12(17)15-13(5,6)7/h10-11H,8-9H2,1-7H3,(H2,14,15,17). The van der Waals surface area contributed by atoms with Gasteiger partial charge in [-0.25, -0.2) is 4.79 Å². The normalized spacial score (nSPS) is 12.4. The van der Waals surface area contributed by atoms with E-state index >= 15 is 0 Å². The van der Waals surface area contributed by atoms with Gasteiger partial charge in [0.1, 0.15) is 0 Å². The average molecular weight is 243 g/mol. The highest BCUT2D eigenvalue weighted by Gasteiger charge is 2.15. The maximum atomic E-state index is 11.5. The molecule has 0 aliphatic carbocycles. The summed E-state index contributed by atoms with van der Waals surface area (Å²) in [4.78, 5) is 13.9. The molecule has 0 aliphatic rings. The molecule has 102 valence electrons. The number of urea groups is 1. The average Bonchev–Trinajstić information content (AvgIpc) is 2.07. The number of carbonyl (C=O) groups is 1. The van der Waals surface area contributed by atoms with Crippen molar-refractivity contribution < 1.29 is 4.79 Å². The van der Waals surface area contributed by atoms with Crippen LogP contribution in [0.15, 0.2) is 0 Å². The third-order valence-corrected chi connectivity index (χ3v) is 2.47. The van der Waals surface area contributed by atoms with E-state index in [1.807, 2.05) is 20.8 Å². The van der Waals surface area contributed by atoms with Crippen LogP contribution in [0.4, 0.5) is 4.79 Å². The highest BCUT2D eigenvalue weighted by Crippen LogP contribution is 2.03. The van der Waals surface area contributed by atoms with Gasteiger partial charge < -0.3 is 10.6 Å². The molecule has 0 spiro atoms. The summed E-state index contributed by atoms with van der Waals surface area (Å²) in [5.74, 6) is 0. The highest BCUT2D eigenvalue weighted by atomic mass is 16.2. The highest BCUT2D eigenvalue weighted by molar-refractivity contribution is 5.74. The Morgan fingerprint density at radius 2 is 1.59 bits per heavy atom. The summed E-state index contributed by atoms with van der Waals surface area (Å²) in [6.45, 7) is 16.2. The van der Waals surface area contributed by atoms with Gasteiger partial charge in [-0.3, -0.25) is 4.90 Å². The molecule has 17 heavy (non-hydrogen) atoms. The van der Waals surface area contributed by atoms with Gasteiger partial charge in [0, 0.05) is 30.7 Å². The van der Waals surface area contributed by atoms with Gasteiger partial charge >= 0.3 is 6.03 Å². The molecule has 0 unspecified atom stereocenters. The Morgan fingerprint density at radius 1 is 1.12 bits per heavy atom. The van der Waals surface area contributed by atoms with Crippen molar-refractivity contribution in [2.24, 2.45) is 0 Å². The quantitative estimate of drug-likeness (QED) is 0.777. The molecule has 0 aromatic heterocycles. The molecule has 4 heteroatoms. The largest absolute Gasteiger partial charge is 0.337 e. The lowest BCUT2D eigenvalue weighted by atomic mass is 10.1. The first kappa shape index (κ1) is 16.2. The van der Waals surface area contributed by atoms with Crippen molar-refractivity contribution in [1.29, 1.82) is 0 Å². The molecule has 0 aliphatic heterocycles. The molecule has 0 atom stereocenters. The summed E-state index contributed by atoms with van der Waals surface area (Å²) in [6, 6.07) is 0.912.